The van der Waals surface area contributed by atoms with Gasteiger partial charge >= 0.3 is 0 Å². The van der Waals surface area contributed by atoms with E-state index >= 15 is 0 Å². The number of carbonyl (C=O) groups is 1. The third kappa shape index (κ3) is 6.60. The van der Waals surface area contributed by atoms with Crippen molar-refractivity contribution in [1.82, 2.24) is 4.98 Å². The Morgan fingerprint density at radius 1 is 1.05 bits per heavy atom. The van der Waals surface area contributed by atoms with Gasteiger partial charge in [0.1, 0.15) is 5.75 Å². The minimum atomic E-state index is -0.265. The fourth-order valence-corrected chi connectivity index (χ4v) is 7.39. The molecule has 3 aromatic rings. The number of anilines is 1. The zero-order chi connectivity index (χ0) is 28.2. The van der Waals surface area contributed by atoms with Crippen LogP contribution in [0.4, 0.5) is 5.69 Å². The fraction of sp³-hybridized carbons (Fsp3) is 0.529. The summed E-state index contributed by atoms with van der Waals surface area (Å²) >= 11 is 1.74. The summed E-state index contributed by atoms with van der Waals surface area (Å²) < 4.78 is 5.46. The first-order valence-electron chi connectivity index (χ1n) is 15.0. The highest BCUT2D eigenvalue weighted by atomic mass is 32.1. The van der Waals surface area contributed by atoms with E-state index in [0.717, 1.165) is 84.8 Å². The van der Waals surface area contributed by atoms with Gasteiger partial charge in [-0.2, -0.15) is 0 Å². The van der Waals surface area contributed by atoms with Gasteiger partial charge in [0.15, 0.2) is 0 Å². The van der Waals surface area contributed by atoms with Crippen molar-refractivity contribution in [3.63, 3.8) is 0 Å². The van der Waals surface area contributed by atoms with Crippen molar-refractivity contribution in [3.8, 4) is 16.2 Å². The minimum absolute atomic E-state index is 0.0124. The van der Waals surface area contributed by atoms with Gasteiger partial charge in [-0.15, -0.1) is 11.3 Å². The Morgan fingerprint density at radius 2 is 1.80 bits per heavy atom. The standard InChI is InChI=1S/C34H44N2O3S/c1-22(2)33-35-20-32(40-33)28-6-5-7-29(19-28)36(34(38)26-12-15-30(37)16-13-26)21-24-8-10-25(11-9-24)27-14-17-31(39-4)23(3)18-27/h5-7,14,17-20,22,24-26,30,37H,8-13,15-16,21H2,1-4H3. The van der Waals surface area contributed by atoms with Crippen molar-refractivity contribution in [3.05, 3.63) is 64.8 Å². The first kappa shape index (κ1) is 28.8. The van der Waals surface area contributed by atoms with Crippen LogP contribution in [0.1, 0.15) is 93.2 Å². The van der Waals surface area contributed by atoms with Gasteiger partial charge in [-0.1, -0.05) is 38.1 Å². The summed E-state index contributed by atoms with van der Waals surface area (Å²) in [6, 6.07) is 15.1. The van der Waals surface area contributed by atoms with Crippen LogP contribution < -0.4 is 9.64 Å². The Morgan fingerprint density at radius 3 is 2.45 bits per heavy atom. The van der Waals surface area contributed by atoms with Crippen LogP contribution in [0.3, 0.4) is 0 Å². The molecule has 2 saturated carbocycles. The molecule has 1 N–H and O–H groups in total. The Hall–Kier alpha value is -2.70. The van der Waals surface area contributed by atoms with Gasteiger partial charge in [-0.25, -0.2) is 4.98 Å². The lowest BCUT2D eigenvalue weighted by molar-refractivity contribution is -0.124. The number of hydrogen-bond acceptors (Lipinski definition) is 5. The molecule has 214 valence electrons. The number of benzene rings is 2. The van der Waals surface area contributed by atoms with E-state index in [1.54, 1.807) is 18.4 Å². The quantitative estimate of drug-likeness (QED) is 0.302. The van der Waals surface area contributed by atoms with Gasteiger partial charge < -0.3 is 14.7 Å². The Balaban J connectivity index is 1.33. The molecule has 0 saturated heterocycles. The second-order valence-electron chi connectivity index (χ2n) is 12.2. The van der Waals surface area contributed by atoms with Crippen molar-refractivity contribution in [2.45, 2.75) is 90.1 Å². The maximum absolute atomic E-state index is 14.0. The molecule has 5 rings (SSSR count). The average Bonchev–Trinajstić information content (AvgIpc) is 3.47. The number of nitrogens with zero attached hydrogens (tertiary/aromatic N) is 2. The molecule has 0 unspecified atom stereocenters. The average molecular weight is 561 g/mol. The van der Waals surface area contributed by atoms with E-state index in [4.69, 9.17) is 4.74 Å². The highest BCUT2D eigenvalue weighted by Gasteiger charge is 2.32. The lowest BCUT2D eigenvalue weighted by Gasteiger charge is -2.36. The number of methoxy groups -OCH3 is 1. The number of aromatic nitrogens is 1. The van der Waals surface area contributed by atoms with E-state index < -0.39 is 0 Å². The van der Waals surface area contributed by atoms with E-state index in [0.29, 0.717) is 17.8 Å². The lowest BCUT2D eigenvalue weighted by atomic mass is 9.78. The number of hydrogen-bond donors (Lipinski definition) is 1. The molecule has 0 bridgehead atoms. The molecular weight excluding hydrogens is 516 g/mol. The first-order valence-corrected chi connectivity index (χ1v) is 15.8. The summed E-state index contributed by atoms with van der Waals surface area (Å²) in [4.78, 5) is 21.9. The molecule has 5 nitrogen and oxygen atoms in total. The highest BCUT2D eigenvalue weighted by molar-refractivity contribution is 7.15. The van der Waals surface area contributed by atoms with Crippen molar-refractivity contribution in [1.29, 1.82) is 0 Å². The number of rotatable bonds is 8. The molecule has 2 aromatic carbocycles. The van der Waals surface area contributed by atoms with Crippen molar-refractivity contribution >= 4 is 22.9 Å². The molecule has 0 spiro atoms. The van der Waals surface area contributed by atoms with Crippen LogP contribution in [-0.2, 0) is 4.79 Å². The van der Waals surface area contributed by atoms with Crippen LogP contribution in [0.25, 0.3) is 10.4 Å². The van der Waals surface area contributed by atoms with E-state index in [2.05, 4.69) is 73.1 Å². The highest BCUT2D eigenvalue weighted by Crippen LogP contribution is 2.39. The van der Waals surface area contributed by atoms with Gasteiger partial charge in [0, 0.05) is 30.3 Å². The van der Waals surface area contributed by atoms with E-state index in [1.165, 1.54) is 11.1 Å². The molecule has 0 aliphatic heterocycles. The molecule has 0 radical (unpaired) electrons. The van der Waals surface area contributed by atoms with Gasteiger partial charge in [0.05, 0.1) is 23.1 Å². The maximum atomic E-state index is 14.0. The largest absolute Gasteiger partial charge is 0.496 e. The Bertz CT molecular complexity index is 1290. The fourth-order valence-electron chi connectivity index (χ4n) is 6.47. The molecule has 6 heteroatoms. The molecule has 2 aliphatic carbocycles. The van der Waals surface area contributed by atoms with Crippen LogP contribution in [0.2, 0.25) is 0 Å². The van der Waals surface area contributed by atoms with Crippen LogP contribution in [0.15, 0.2) is 48.7 Å². The SMILES string of the molecule is COc1ccc(C2CCC(CN(C(=O)C3CCC(O)CC3)c3cccc(-c4cnc(C(C)C)s4)c3)CC2)cc1C. The molecule has 40 heavy (non-hydrogen) atoms. The smallest absolute Gasteiger partial charge is 0.230 e. The van der Waals surface area contributed by atoms with Crippen LogP contribution >= 0.6 is 11.3 Å². The zero-order valence-electron chi connectivity index (χ0n) is 24.4. The number of aryl methyl sites for hydroxylation is 1. The van der Waals surface area contributed by atoms with Crippen molar-refractivity contribution < 1.29 is 14.6 Å². The number of carbonyl (C=O) groups excluding carboxylic acids is 1. The summed E-state index contributed by atoms with van der Waals surface area (Å²) in [5, 5.41) is 11.2. The molecule has 1 amide bonds. The van der Waals surface area contributed by atoms with E-state index in [-0.39, 0.29) is 17.9 Å². The topological polar surface area (TPSA) is 62.7 Å². The second-order valence-corrected chi connectivity index (χ2v) is 13.2. The summed E-state index contributed by atoms with van der Waals surface area (Å²) in [6.07, 6.45) is 9.21. The summed E-state index contributed by atoms with van der Waals surface area (Å²) in [6.45, 7) is 7.22. The number of aliphatic hydroxyl groups excluding tert-OH is 1. The van der Waals surface area contributed by atoms with Gasteiger partial charge in [0.25, 0.3) is 0 Å². The molecular formula is C34H44N2O3S. The minimum Gasteiger partial charge on any atom is -0.496 e. The Labute approximate surface area is 243 Å². The van der Waals surface area contributed by atoms with E-state index in [1.807, 2.05) is 6.20 Å². The van der Waals surface area contributed by atoms with E-state index in [9.17, 15) is 9.90 Å². The molecule has 1 heterocycles. The van der Waals surface area contributed by atoms with Crippen LogP contribution in [-0.4, -0.2) is 35.8 Å². The third-order valence-corrected chi connectivity index (χ3v) is 10.3. The first-order chi connectivity index (χ1) is 19.3. The normalized spacial score (nSPS) is 23.2. The summed E-state index contributed by atoms with van der Waals surface area (Å²) in [5.74, 6) is 2.61. The Kier molecular flexibility index (Phi) is 9.27. The lowest BCUT2D eigenvalue weighted by Crippen LogP contribution is -2.41. The van der Waals surface area contributed by atoms with Crippen LogP contribution in [0, 0.1) is 18.8 Å². The molecule has 1 aromatic heterocycles. The number of amides is 1. The second kappa shape index (κ2) is 12.9. The van der Waals surface area contributed by atoms with Crippen LogP contribution in [0.5, 0.6) is 5.75 Å². The number of ether oxygens (including phenoxy) is 1. The summed E-state index contributed by atoms with van der Waals surface area (Å²) in [7, 11) is 1.73. The zero-order valence-corrected chi connectivity index (χ0v) is 25.3. The maximum Gasteiger partial charge on any atom is 0.230 e. The van der Waals surface area contributed by atoms with Crippen molar-refractivity contribution in [2.24, 2.45) is 11.8 Å². The molecule has 2 fully saturated rings. The predicted octanol–water partition coefficient (Wildman–Crippen LogP) is 8.11. The third-order valence-electron chi connectivity index (χ3n) is 8.95. The predicted molar refractivity (Wildman–Crippen MR) is 164 cm³/mol. The molecule has 0 atom stereocenters. The number of aliphatic hydroxyl groups is 1. The monoisotopic (exact) mass is 560 g/mol. The van der Waals surface area contributed by atoms with Gasteiger partial charge in [-0.05, 0) is 105 Å². The van der Waals surface area contributed by atoms with Crippen molar-refractivity contribution in [2.75, 3.05) is 18.6 Å². The number of thiazole rings is 1. The molecule has 2 aliphatic rings. The van der Waals surface area contributed by atoms with Gasteiger partial charge in [0.2, 0.25) is 5.91 Å². The van der Waals surface area contributed by atoms with Gasteiger partial charge in [-0.3, -0.25) is 4.79 Å². The summed E-state index contributed by atoms with van der Waals surface area (Å²) in [5.41, 5.74) is 4.71.